The monoisotopic (exact) mass is 511 g/mol. The zero-order chi connectivity index (χ0) is 27.1. The second kappa shape index (κ2) is 11.7. The molecular formula is C30H33N5O3. The van der Waals surface area contributed by atoms with E-state index in [4.69, 9.17) is 4.74 Å². The molecule has 0 fully saturated rings. The van der Waals surface area contributed by atoms with Crippen molar-refractivity contribution in [2.24, 2.45) is 0 Å². The van der Waals surface area contributed by atoms with E-state index in [1.807, 2.05) is 57.3 Å². The minimum atomic E-state index is -0.522. The molecule has 0 aliphatic rings. The first-order valence-electron chi connectivity index (χ1n) is 12.7. The Kier molecular flexibility index (Phi) is 8.21. The highest BCUT2D eigenvalue weighted by molar-refractivity contribution is 6.08. The largest absolute Gasteiger partial charge is 0.447 e. The summed E-state index contributed by atoms with van der Waals surface area (Å²) in [6.07, 6.45) is 5.68. The zero-order valence-corrected chi connectivity index (χ0v) is 22.2. The number of carbonyl (C=O) groups is 2. The summed E-state index contributed by atoms with van der Waals surface area (Å²) >= 11 is 0. The van der Waals surface area contributed by atoms with Gasteiger partial charge in [-0.05, 0) is 75.2 Å². The first kappa shape index (κ1) is 26.6. The maximum absolute atomic E-state index is 13.2. The lowest BCUT2D eigenvalue weighted by Crippen LogP contribution is -2.46. The fourth-order valence-electron chi connectivity index (χ4n) is 4.10. The van der Waals surface area contributed by atoms with Gasteiger partial charge in [-0.2, -0.15) is 5.10 Å². The van der Waals surface area contributed by atoms with Gasteiger partial charge in [0.15, 0.2) is 0 Å². The van der Waals surface area contributed by atoms with Crippen molar-refractivity contribution >= 4 is 23.4 Å². The van der Waals surface area contributed by atoms with Crippen LogP contribution in [0.2, 0.25) is 0 Å². The van der Waals surface area contributed by atoms with Crippen LogP contribution in [0.25, 0.3) is 11.3 Å². The van der Waals surface area contributed by atoms with Crippen LogP contribution < -0.4 is 10.2 Å². The van der Waals surface area contributed by atoms with E-state index in [1.165, 1.54) is 5.56 Å². The second-order valence-electron chi connectivity index (χ2n) is 9.84. The summed E-state index contributed by atoms with van der Waals surface area (Å²) < 4.78 is 7.24. The van der Waals surface area contributed by atoms with Crippen LogP contribution in [0.1, 0.15) is 43.6 Å². The molecule has 0 radical (unpaired) electrons. The van der Waals surface area contributed by atoms with Crippen LogP contribution in [0.4, 0.5) is 16.2 Å². The van der Waals surface area contributed by atoms with Gasteiger partial charge in [-0.15, -0.1) is 0 Å². The van der Waals surface area contributed by atoms with Crippen LogP contribution in [0.3, 0.4) is 0 Å². The average molecular weight is 512 g/mol. The van der Waals surface area contributed by atoms with Crippen molar-refractivity contribution in [1.82, 2.24) is 14.8 Å². The maximum atomic E-state index is 13.2. The molecule has 1 N–H and O–H groups in total. The lowest BCUT2D eigenvalue weighted by atomic mass is 10.0. The molecule has 0 spiro atoms. The molecule has 8 heteroatoms. The van der Waals surface area contributed by atoms with E-state index < -0.39 is 11.6 Å². The normalized spacial score (nSPS) is 11.2. The number of rotatable bonds is 8. The number of amides is 2. The number of aryl methyl sites for hydroxylation is 1. The van der Waals surface area contributed by atoms with Crippen molar-refractivity contribution in [2.45, 2.75) is 46.2 Å². The number of benzene rings is 2. The van der Waals surface area contributed by atoms with Crippen molar-refractivity contribution in [1.29, 1.82) is 0 Å². The Labute approximate surface area is 223 Å². The Morgan fingerprint density at radius 2 is 1.71 bits per heavy atom. The lowest BCUT2D eigenvalue weighted by Gasteiger charge is -2.34. The predicted octanol–water partition coefficient (Wildman–Crippen LogP) is 6.20. The topological polar surface area (TPSA) is 89.4 Å². The highest BCUT2D eigenvalue weighted by Gasteiger charge is 2.29. The Balaban J connectivity index is 1.46. The SMILES string of the molecule is CCc1ccc(-c2ncccc2C(=O)Nc2ccc(N(C(=O)OCCn3cccn3)C(C)(C)C)cc2)cc1. The van der Waals surface area contributed by atoms with Gasteiger partial charge in [0.25, 0.3) is 5.91 Å². The van der Waals surface area contributed by atoms with Gasteiger partial charge in [0.05, 0.1) is 17.8 Å². The summed E-state index contributed by atoms with van der Waals surface area (Å²) in [7, 11) is 0. The van der Waals surface area contributed by atoms with E-state index in [2.05, 4.69) is 22.3 Å². The highest BCUT2D eigenvalue weighted by atomic mass is 16.6. The Hall–Kier alpha value is -4.46. The van der Waals surface area contributed by atoms with Crippen LogP contribution in [-0.2, 0) is 17.7 Å². The fourth-order valence-corrected chi connectivity index (χ4v) is 4.10. The molecule has 0 atom stereocenters. The lowest BCUT2D eigenvalue weighted by molar-refractivity contribution is 0.102. The van der Waals surface area contributed by atoms with Gasteiger partial charge >= 0.3 is 6.09 Å². The summed E-state index contributed by atoms with van der Waals surface area (Å²) in [5.41, 5.74) is 3.97. The van der Waals surface area contributed by atoms with Gasteiger partial charge in [-0.3, -0.25) is 19.4 Å². The van der Waals surface area contributed by atoms with Crippen molar-refractivity contribution in [2.75, 3.05) is 16.8 Å². The molecule has 0 aliphatic heterocycles. The first-order valence-corrected chi connectivity index (χ1v) is 12.7. The van der Waals surface area contributed by atoms with Crippen molar-refractivity contribution in [3.63, 3.8) is 0 Å². The standard InChI is InChI=1S/C30H33N5O3/c1-5-22-9-11-23(12-10-22)27-26(8-6-17-31-27)28(36)33-24-13-15-25(16-14-24)35(30(2,3)4)29(37)38-21-20-34-19-7-18-32-34/h6-19H,5,20-21H2,1-4H3,(H,33,36). The molecule has 196 valence electrons. The van der Waals surface area contributed by atoms with Gasteiger partial charge < -0.3 is 10.1 Å². The molecule has 2 amide bonds. The number of nitrogens with zero attached hydrogens (tertiary/aromatic N) is 4. The van der Waals surface area contributed by atoms with E-state index in [-0.39, 0.29) is 12.5 Å². The minimum Gasteiger partial charge on any atom is -0.447 e. The Morgan fingerprint density at radius 3 is 2.34 bits per heavy atom. The number of carbonyl (C=O) groups excluding carboxylic acids is 2. The molecular weight excluding hydrogens is 478 g/mol. The Morgan fingerprint density at radius 1 is 0.974 bits per heavy atom. The molecule has 2 aromatic carbocycles. The average Bonchev–Trinajstić information content (AvgIpc) is 3.43. The second-order valence-corrected chi connectivity index (χ2v) is 9.84. The number of nitrogens with one attached hydrogen (secondary N) is 1. The maximum Gasteiger partial charge on any atom is 0.414 e. The van der Waals surface area contributed by atoms with E-state index >= 15 is 0 Å². The van der Waals surface area contributed by atoms with E-state index in [0.717, 1.165) is 12.0 Å². The van der Waals surface area contributed by atoms with Gasteiger partial charge in [0.2, 0.25) is 0 Å². The van der Waals surface area contributed by atoms with Gasteiger partial charge in [0, 0.05) is 41.1 Å². The summed E-state index contributed by atoms with van der Waals surface area (Å²) in [5, 5.41) is 7.07. The minimum absolute atomic E-state index is 0.204. The number of anilines is 2. The number of pyridine rings is 1. The van der Waals surface area contributed by atoms with E-state index in [0.29, 0.717) is 29.2 Å². The van der Waals surface area contributed by atoms with E-state index in [9.17, 15) is 9.59 Å². The van der Waals surface area contributed by atoms with Crippen molar-refractivity contribution < 1.29 is 14.3 Å². The van der Waals surface area contributed by atoms with Crippen LogP contribution in [0, 0.1) is 0 Å². The number of hydrogen-bond acceptors (Lipinski definition) is 5. The molecule has 2 aromatic heterocycles. The van der Waals surface area contributed by atoms with Crippen LogP contribution >= 0.6 is 0 Å². The van der Waals surface area contributed by atoms with E-state index in [1.54, 1.807) is 58.4 Å². The third-order valence-electron chi connectivity index (χ3n) is 6.03. The molecule has 2 heterocycles. The Bertz CT molecular complexity index is 1360. The summed E-state index contributed by atoms with van der Waals surface area (Å²) in [5.74, 6) is -0.258. The smallest absolute Gasteiger partial charge is 0.414 e. The molecule has 0 saturated carbocycles. The predicted molar refractivity (Wildman–Crippen MR) is 149 cm³/mol. The van der Waals surface area contributed by atoms with Gasteiger partial charge in [-0.25, -0.2) is 4.79 Å². The molecule has 0 saturated heterocycles. The van der Waals surface area contributed by atoms with Crippen LogP contribution in [0.5, 0.6) is 0 Å². The van der Waals surface area contributed by atoms with Crippen molar-refractivity contribution in [3.8, 4) is 11.3 Å². The van der Waals surface area contributed by atoms with Crippen molar-refractivity contribution in [3.05, 3.63) is 96.4 Å². The molecule has 4 aromatic rings. The van der Waals surface area contributed by atoms with Gasteiger partial charge in [0.1, 0.15) is 6.61 Å². The number of hydrogen-bond donors (Lipinski definition) is 1. The van der Waals surface area contributed by atoms with Crippen LogP contribution in [-0.4, -0.2) is 38.9 Å². The number of ether oxygens (including phenoxy) is 1. The molecule has 8 nitrogen and oxygen atoms in total. The first-order chi connectivity index (χ1) is 18.3. The van der Waals surface area contributed by atoms with Crippen LogP contribution in [0.15, 0.2) is 85.3 Å². The zero-order valence-electron chi connectivity index (χ0n) is 22.2. The van der Waals surface area contributed by atoms with Gasteiger partial charge in [-0.1, -0.05) is 31.2 Å². The molecule has 4 rings (SSSR count). The molecule has 0 aliphatic carbocycles. The fraction of sp³-hybridized carbons (Fsp3) is 0.267. The third kappa shape index (κ3) is 6.45. The molecule has 0 bridgehead atoms. The molecule has 38 heavy (non-hydrogen) atoms. The quantitative estimate of drug-likeness (QED) is 0.304. The summed E-state index contributed by atoms with van der Waals surface area (Å²) in [6, 6.07) is 20.5. The highest BCUT2D eigenvalue weighted by Crippen LogP contribution is 2.27. The molecule has 0 unspecified atom stereocenters. The summed E-state index contributed by atoms with van der Waals surface area (Å²) in [6.45, 7) is 8.60. The summed E-state index contributed by atoms with van der Waals surface area (Å²) in [4.78, 5) is 32.2. The number of aromatic nitrogens is 3. The third-order valence-corrected chi connectivity index (χ3v) is 6.03.